The molecule has 0 aliphatic heterocycles. The fourth-order valence-electron chi connectivity index (χ4n) is 2.24. The standard InChI is InChI=1S/C20H19Cl2NO3/c1-12-4-8-18(13(2)10-12)23-20(25)14(3)26-19(24)9-6-15-5-7-16(21)17(22)11-15/h4-11,14H,1-3H3,(H,23,25)/b9-6+/t14-/m1/s1. The third-order valence-corrected chi connectivity index (χ3v) is 4.40. The summed E-state index contributed by atoms with van der Waals surface area (Å²) in [6, 6.07) is 10.7. The van der Waals surface area contributed by atoms with Crippen LogP contribution in [0, 0.1) is 13.8 Å². The zero-order chi connectivity index (χ0) is 19.3. The normalized spacial score (nSPS) is 12.0. The fraction of sp³-hybridized carbons (Fsp3) is 0.200. The van der Waals surface area contributed by atoms with Gasteiger partial charge in [-0.1, -0.05) is 47.0 Å². The summed E-state index contributed by atoms with van der Waals surface area (Å²) >= 11 is 11.8. The van der Waals surface area contributed by atoms with E-state index in [1.807, 2.05) is 32.0 Å². The van der Waals surface area contributed by atoms with Gasteiger partial charge in [0, 0.05) is 11.8 Å². The second-order valence-corrected chi connectivity index (χ2v) is 6.71. The Bertz CT molecular complexity index is 862. The minimum atomic E-state index is -0.929. The number of benzene rings is 2. The Morgan fingerprint density at radius 1 is 1.08 bits per heavy atom. The highest BCUT2D eigenvalue weighted by Gasteiger charge is 2.17. The van der Waals surface area contributed by atoms with Crippen molar-refractivity contribution in [2.45, 2.75) is 26.9 Å². The zero-order valence-corrected chi connectivity index (χ0v) is 16.2. The van der Waals surface area contributed by atoms with Crippen LogP contribution in [0.25, 0.3) is 6.08 Å². The zero-order valence-electron chi connectivity index (χ0n) is 14.7. The van der Waals surface area contributed by atoms with Gasteiger partial charge in [-0.15, -0.1) is 0 Å². The van der Waals surface area contributed by atoms with Gasteiger partial charge in [-0.25, -0.2) is 4.79 Å². The van der Waals surface area contributed by atoms with Crippen LogP contribution in [0.3, 0.4) is 0 Å². The Kier molecular flexibility index (Phi) is 6.83. The van der Waals surface area contributed by atoms with Crippen molar-refractivity contribution in [3.05, 3.63) is 69.2 Å². The molecule has 136 valence electrons. The molecule has 0 aliphatic rings. The first-order valence-electron chi connectivity index (χ1n) is 7.98. The molecule has 0 unspecified atom stereocenters. The Morgan fingerprint density at radius 2 is 1.81 bits per heavy atom. The monoisotopic (exact) mass is 391 g/mol. The molecule has 0 fully saturated rings. The molecule has 1 amide bonds. The maximum Gasteiger partial charge on any atom is 0.331 e. The number of hydrogen-bond donors (Lipinski definition) is 1. The number of halogens is 2. The molecule has 2 aromatic carbocycles. The van der Waals surface area contributed by atoms with Crippen LogP contribution < -0.4 is 5.32 Å². The molecule has 1 atom stereocenters. The van der Waals surface area contributed by atoms with Gasteiger partial charge in [0.15, 0.2) is 6.10 Å². The average molecular weight is 392 g/mol. The first-order chi connectivity index (χ1) is 12.3. The number of ether oxygens (including phenoxy) is 1. The van der Waals surface area contributed by atoms with Gasteiger partial charge in [0.25, 0.3) is 5.91 Å². The lowest BCUT2D eigenvalue weighted by molar-refractivity contribution is -0.148. The van der Waals surface area contributed by atoms with Gasteiger partial charge >= 0.3 is 5.97 Å². The van der Waals surface area contributed by atoms with Crippen molar-refractivity contribution in [3.63, 3.8) is 0 Å². The van der Waals surface area contributed by atoms with E-state index in [0.29, 0.717) is 21.3 Å². The molecule has 2 aromatic rings. The van der Waals surface area contributed by atoms with E-state index in [0.717, 1.165) is 11.1 Å². The molecule has 0 aliphatic carbocycles. The van der Waals surface area contributed by atoms with E-state index in [1.54, 1.807) is 24.3 Å². The van der Waals surface area contributed by atoms with Crippen molar-refractivity contribution in [2.75, 3.05) is 5.32 Å². The Labute approximate surface area is 162 Å². The van der Waals surface area contributed by atoms with Crippen molar-refractivity contribution >= 4 is 46.8 Å². The summed E-state index contributed by atoms with van der Waals surface area (Å²) < 4.78 is 5.13. The van der Waals surface area contributed by atoms with E-state index in [1.165, 1.54) is 13.0 Å². The number of carbonyl (C=O) groups is 2. The molecule has 26 heavy (non-hydrogen) atoms. The lowest BCUT2D eigenvalue weighted by Crippen LogP contribution is -2.29. The lowest BCUT2D eigenvalue weighted by atomic mass is 10.1. The number of nitrogens with one attached hydrogen (secondary N) is 1. The van der Waals surface area contributed by atoms with Crippen LogP contribution in [-0.4, -0.2) is 18.0 Å². The van der Waals surface area contributed by atoms with Gasteiger partial charge in [0.1, 0.15) is 0 Å². The van der Waals surface area contributed by atoms with Crippen LogP contribution in [0.15, 0.2) is 42.5 Å². The molecular weight excluding hydrogens is 373 g/mol. The van der Waals surface area contributed by atoms with Crippen LogP contribution in [0.5, 0.6) is 0 Å². The highest BCUT2D eigenvalue weighted by atomic mass is 35.5. The summed E-state index contributed by atoms with van der Waals surface area (Å²) in [5.41, 5.74) is 3.43. The van der Waals surface area contributed by atoms with E-state index in [9.17, 15) is 9.59 Å². The highest BCUT2D eigenvalue weighted by Crippen LogP contribution is 2.23. The second-order valence-electron chi connectivity index (χ2n) is 5.89. The van der Waals surface area contributed by atoms with Crippen LogP contribution in [0.4, 0.5) is 5.69 Å². The van der Waals surface area contributed by atoms with Gasteiger partial charge in [-0.3, -0.25) is 4.79 Å². The number of anilines is 1. The molecule has 6 heteroatoms. The SMILES string of the molecule is Cc1ccc(NC(=O)[C@@H](C)OC(=O)/C=C/c2ccc(Cl)c(Cl)c2)c(C)c1. The van der Waals surface area contributed by atoms with E-state index in [-0.39, 0.29) is 0 Å². The lowest BCUT2D eigenvalue weighted by Gasteiger charge is -2.14. The van der Waals surface area contributed by atoms with Crippen LogP contribution in [0.2, 0.25) is 10.0 Å². The molecule has 4 nitrogen and oxygen atoms in total. The smallest absolute Gasteiger partial charge is 0.331 e. The van der Waals surface area contributed by atoms with E-state index < -0.39 is 18.0 Å². The van der Waals surface area contributed by atoms with Crippen molar-refractivity contribution in [1.29, 1.82) is 0 Å². The summed E-state index contributed by atoms with van der Waals surface area (Å²) in [5.74, 6) is -1.02. The summed E-state index contributed by atoms with van der Waals surface area (Å²) in [6.45, 7) is 5.40. The Hall–Kier alpha value is -2.30. The van der Waals surface area contributed by atoms with Gasteiger partial charge in [-0.05, 0) is 56.2 Å². The van der Waals surface area contributed by atoms with E-state index >= 15 is 0 Å². The Balaban J connectivity index is 1.94. The van der Waals surface area contributed by atoms with E-state index in [2.05, 4.69) is 5.32 Å². The summed E-state index contributed by atoms with van der Waals surface area (Å²) in [6.07, 6.45) is 1.85. The largest absolute Gasteiger partial charge is 0.449 e. The Morgan fingerprint density at radius 3 is 2.46 bits per heavy atom. The number of hydrogen-bond acceptors (Lipinski definition) is 3. The van der Waals surface area contributed by atoms with Gasteiger partial charge in [0.2, 0.25) is 0 Å². The van der Waals surface area contributed by atoms with E-state index in [4.69, 9.17) is 27.9 Å². The summed E-state index contributed by atoms with van der Waals surface area (Å²) in [5, 5.41) is 3.58. The molecule has 2 rings (SSSR count). The third-order valence-electron chi connectivity index (χ3n) is 3.66. The molecule has 0 radical (unpaired) electrons. The molecule has 1 N–H and O–H groups in total. The quantitative estimate of drug-likeness (QED) is 0.563. The number of amides is 1. The maximum absolute atomic E-state index is 12.2. The molecule has 0 aromatic heterocycles. The van der Waals surface area contributed by atoms with Crippen LogP contribution in [-0.2, 0) is 14.3 Å². The molecule has 0 saturated carbocycles. The van der Waals surface area contributed by atoms with Crippen molar-refractivity contribution in [2.24, 2.45) is 0 Å². The second kappa shape index (κ2) is 8.88. The fourth-order valence-corrected chi connectivity index (χ4v) is 2.54. The van der Waals surface area contributed by atoms with Gasteiger partial charge < -0.3 is 10.1 Å². The predicted octanol–water partition coefficient (Wildman–Crippen LogP) is 5.19. The maximum atomic E-state index is 12.2. The van der Waals surface area contributed by atoms with Crippen molar-refractivity contribution in [3.8, 4) is 0 Å². The number of esters is 1. The first-order valence-corrected chi connectivity index (χ1v) is 8.73. The van der Waals surface area contributed by atoms with Gasteiger partial charge in [-0.2, -0.15) is 0 Å². The van der Waals surface area contributed by atoms with Crippen LogP contribution in [0.1, 0.15) is 23.6 Å². The van der Waals surface area contributed by atoms with Crippen LogP contribution >= 0.6 is 23.2 Å². The van der Waals surface area contributed by atoms with Crippen molar-refractivity contribution < 1.29 is 14.3 Å². The third kappa shape index (κ3) is 5.61. The minimum absolute atomic E-state index is 0.392. The van der Waals surface area contributed by atoms with Crippen molar-refractivity contribution in [1.82, 2.24) is 0 Å². The summed E-state index contributed by atoms with van der Waals surface area (Å²) in [4.78, 5) is 24.1. The minimum Gasteiger partial charge on any atom is -0.449 e. The molecule has 0 saturated heterocycles. The predicted molar refractivity (Wildman–Crippen MR) is 106 cm³/mol. The highest BCUT2D eigenvalue weighted by molar-refractivity contribution is 6.42. The van der Waals surface area contributed by atoms with Gasteiger partial charge in [0.05, 0.1) is 10.0 Å². The number of carbonyl (C=O) groups excluding carboxylic acids is 2. The molecular formula is C20H19Cl2NO3. The summed E-state index contributed by atoms with van der Waals surface area (Å²) in [7, 11) is 0. The molecule has 0 bridgehead atoms. The molecule has 0 spiro atoms. The topological polar surface area (TPSA) is 55.4 Å². The molecule has 0 heterocycles. The average Bonchev–Trinajstić information content (AvgIpc) is 2.58. The first kappa shape index (κ1) is 20.0. The number of aryl methyl sites for hydroxylation is 2. The number of rotatable bonds is 5.